The first-order valence-corrected chi connectivity index (χ1v) is 9.41. The Kier molecular flexibility index (Phi) is 5.71. The van der Waals surface area contributed by atoms with Crippen LogP contribution in [-0.2, 0) is 16.0 Å². The zero-order chi connectivity index (χ0) is 19.4. The lowest BCUT2D eigenvalue weighted by molar-refractivity contribution is -0.142. The number of carboxylic acids is 1. The van der Waals surface area contributed by atoms with Crippen LogP contribution in [-0.4, -0.2) is 22.0 Å². The topological polar surface area (TPSA) is 92.4 Å². The molecule has 2 N–H and O–H groups in total. The van der Waals surface area contributed by atoms with Gasteiger partial charge in [0.15, 0.2) is 0 Å². The van der Waals surface area contributed by atoms with Crippen LogP contribution in [0.1, 0.15) is 30.0 Å². The lowest BCUT2D eigenvalue weighted by atomic mass is 9.94. The van der Waals surface area contributed by atoms with Gasteiger partial charge in [0.25, 0.3) is 0 Å². The molecular weight excluding hydrogens is 364 g/mol. The summed E-state index contributed by atoms with van der Waals surface area (Å²) >= 11 is 1.51. The van der Waals surface area contributed by atoms with Crippen molar-refractivity contribution in [3.63, 3.8) is 0 Å². The van der Waals surface area contributed by atoms with Gasteiger partial charge in [0.1, 0.15) is 5.76 Å². The SMILES string of the molecule is Cc1oc(-c2cccs2)nc1CC(=O)NC(c1ccccc1)C(C)C(=O)O. The van der Waals surface area contributed by atoms with Crippen molar-refractivity contribution >= 4 is 23.2 Å². The average molecular weight is 384 g/mol. The minimum absolute atomic E-state index is 0.0242. The Bertz CT molecular complexity index is 919. The molecule has 0 saturated carbocycles. The highest BCUT2D eigenvalue weighted by molar-refractivity contribution is 7.13. The summed E-state index contributed by atoms with van der Waals surface area (Å²) in [5.41, 5.74) is 1.29. The monoisotopic (exact) mass is 384 g/mol. The Labute approximate surface area is 160 Å². The molecule has 27 heavy (non-hydrogen) atoms. The van der Waals surface area contributed by atoms with Crippen LogP contribution >= 0.6 is 11.3 Å². The van der Waals surface area contributed by atoms with Crippen molar-refractivity contribution in [3.05, 3.63) is 64.9 Å². The first-order chi connectivity index (χ1) is 13.0. The number of thiophene rings is 1. The standard InChI is InChI=1S/C20H20N2O4S/c1-12(20(24)25)18(14-7-4-3-5-8-14)22-17(23)11-15-13(2)26-19(21-15)16-9-6-10-27-16/h3-10,12,18H,11H2,1-2H3,(H,22,23)(H,24,25). The molecule has 0 saturated heterocycles. The van der Waals surface area contributed by atoms with Gasteiger partial charge in [-0.1, -0.05) is 36.4 Å². The third-order valence-electron chi connectivity index (χ3n) is 4.32. The van der Waals surface area contributed by atoms with E-state index in [9.17, 15) is 14.7 Å². The van der Waals surface area contributed by atoms with Gasteiger partial charge in [-0.3, -0.25) is 9.59 Å². The van der Waals surface area contributed by atoms with Gasteiger partial charge in [0, 0.05) is 0 Å². The van der Waals surface area contributed by atoms with E-state index in [1.165, 1.54) is 11.3 Å². The molecule has 0 aliphatic carbocycles. The zero-order valence-corrected chi connectivity index (χ0v) is 15.8. The predicted molar refractivity (Wildman–Crippen MR) is 102 cm³/mol. The minimum Gasteiger partial charge on any atom is -0.481 e. The third kappa shape index (κ3) is 4.43. The number of aliphatic carboxylic acids is 1. The molecule has 0 spiro atoms. The lowest BCUT2D eigenvalue weighted by Gasteiger charge is -2.22. The number of amides is 1. The van der Waals surface area contributed by atoms with Crippen molar-refractivity contribution in [2.75, 3.05) is 0 Å². The Hall–Kier alpha value is -2.93. The second-order valence-corrected chi connectivity index (χ2v) is 7.21. The molecule has 2 unspecified atom stereocenters. The Morgan fingerprint density at radius 1 is 1.22 bits per heavy atom. The number of hydrogen-bond donors (Lipinski definition) is 2. The van der Waals surface area contributed by atoms with Crippen LogP contribution < -0.4 is 5.32 Å². The van der Waals surface area contributed by atoms with Crippen molar-refractivity contribution in [1.29, 1.82) is 0 Å². The molecule has 3 aromatic rings. The van der Waals surface area contributed by atoms with Gasteiger partial charge in [-0.05, 0) is 30.9 Å². The van der Waals surface area contributed by atoms with Crippen LogP contribution in [0.2, 0.25) is 0 Å². The summed E-state index contributed by atoms with van der Waals surface area (Å²) in [6.07, 6.45) is 0.0242. The molecule has 0 aliphatic rings. The van der Waals surface area contributed by atoms with Crippen molar-refractivity contribution < 1.29 is 19.1 Å². The number of benzene rings is 1. The Balaban J connectivity index is 1.76. The molecule has 0 bridgehead atoms. The van der Waals surface area contributed by atoms with Crippen molar-refractivity contribution in [1.82, 2.24) is 10.3 Å². The van der Waals surface area contributed by atoms with Gasteiger partial charge in [-0.15, -0.1) is 11.3 Å². The van der Waals surface area contributed by atoms with Crippen molar-refractivity contribution in [2.24, 2.45) is 5.92 Å². The second kappa shape index (κ2) is 8.18. The highest BCUT2D eigenvalue weighted by Crippen LogP contribution is 2.26. The molecule has 2 heterocycles. The summed E-state index contributed by atoms with van der Waals surface area (Å²) in [4.78, 5) is 29.4. The Morgan fingerprint density at radius 3 is 2.59 bits per heavy atom. The molecule has 1 aromatic carbocycles. The summed E-state index contributed by atoms with van der Waals surface area (Å²) in [5.74, 6) is -0.968. The predicted octanol–water partition coefficient (Wildman–Crippen LogP) is 3.83. The number of aromatic nitrogens is 1. The van der Waals surface area contributed by atoms with E-state index >= 15 is 0 Å². The first-order valence-electron chi connectivity index (χ1n) is 8.53. The fourth-order valence-corrected chi connectivity index (χ4v) is 3.42. The highest BCUT2D eigenvalue weighted by atomic mass is 32.1. The number of carboxylic acid groups (broad SMARTS) is 1. The maximum absolute atomic E-state index is 12.6. The number of hydrogen-bond acceptors (Lipinski definition) is 5. The molecule has 0 radical (unpaired) electrons. The van der Waals surface area contributed by atoms with Gasteiger partial charge < -0.3 is 14.8 Å². The van der Waals surface area contributed by atoms with Gasteiger partial charge in [0.05, 0.1) is 29.0 Å². The third-order valence-corrected chi connectivity index (χ3v) is 5.18. The molecule has 2 atom stereocenters. The van der Waals surface area contributed by atoms with Gasteiger partial charge in [-0.2, -0.15) is 0 Å². The maximum atomic E-state index is 12.6. The number of aryl methyl sites for hydroxylation is 1. The van der Waals surface area contributed by atoms with E-state index in [1.807, 2.05) is 35.7 Å². The molecule has 0 aliphatic heterocycles. The van der Waals surface area contributed by atoms with Crippen molar-refractivity contribution in [2.45, 2.75) is 26.3 Å². The van der Waals surface area contributed by atoms with Crippen LogP contribution in [0.5, 0.6) is 0 Å². The molecule has 6 nitrogen and oxygen atoms in total. The van der Waals surface area contributed by atoms with Gasteiger partial charge in [0.2, 0.25) is 11.8 Å². The molecule has 140 valence electrons. The van der Waals surface area contributed by atoms with Crippen LogP contribution in [0.4, 0.5) is 0 Å². The van der Waals surface area contributed by atoms with E-state index in [-0.39, 0.29) is 12.3 Å². The normalized spacial score (nSPS) is 13.1. The zero-order valence-electron chi connectivity index (χ0n) is 15.0. The van der Waals surface area contributed by atoms with E-state index < -0.39 is 17.9 Å². The van der Waals surface area contributed by atoms with E-state index in [4.69, 9.17) is 4.42 Å². The highest BCUT2D eigenvalue weighted by Gasteiger charge is 2.27. The van der Waals surface area contributed by atoms with Crippen molar-refractivity contribution in [3.8, 4) is 10.8 Å². The van der Waals surface area contributed by atoms with Crippen LogP contribution in [0.3, 0.4) is 0 Å². The first kappa shape index (κ1) is 18.8. The van der Waals surface area contributed by atoms with Crippen LogP contribution in [0.15, 0.2) is 52.3 Å². The largest absolute Gasteiger partial charge is 0.481 e. The molecule has 3 rings (SSSR count). The van der Waals surface area contributed by atoms with E-state index in [0.29, 0.717) is 17.3 Å². The number of oxazole rings is 1. The van der Waals surface area contributed by atoms with Crippen LogP contribution in [0.25, 0.3) is 10.8 Å². The average Bonchev–Trinajstić information content (AvgIpc) is 3.30. The number of carbonyl (C=O) groups is 2. The molecule has 2 aromatic heterocycles. The van der Waals surface area contributed by atoms with E-state index in [0.717, 1.165) is 10.4 Å². The fourth-order valence-electron chi connectivity index (χ4n) is 2.77. The molecule has 7 heteroatoms. The van der Waals surface area contributed by atoms with Gasteiger partial charge in [-0.25, -0.2) is 4.98 Å². The van der Waals surface area contributed by atoms with E-state index in [2.05, 4.69) is 10.3 Å². The van der Waals surface area contributed by atoms with Gasteiger partial charge >= 0.3 is 5.97 Å². The maximum Gasteiger partial charge on any atom is 0.308 e. The number of carbonyl (C=O) groups excluding carboxylic acids is 1. The number of nitrogens with one attached hydrogen (secondary N) is 1. The number of rotatable bonds is 7. The molecule has 1 amide bonds. The lowest BCUT2D eigenvalue weighted by Crippen LogP contribution is -2.36. The summed E-state index contributed by atoms with van der Waals surface area (Å²) in [6.45, 7) is 3.35. The second-order valence-electron chi connectivity index (χ2n) is 6.26. The van der Waals surface area contributed by atoms with E-state index in [1.54, 1.807) is 26.0 Å². The summed E-state index contributed by atoms with van der Waals surface area (Å²) in [7, 11) is 0. The fraction of sp³-hybridized carbons (Fsp3) is 0.250. The Morgan fingerprint density at radius 2 is 1.96 bits per heavy atom. The minimum atomic E-state index is -0.971. The summed E-state index contributed by atoms with van der Waals surface area (Å²) in [5, 5.41) is 14.2. The molecular formula is C20H20N2O4S. The summed E-state index contributed by atoms with van der Waals surface area (Å²) < 4.78 is 5.66. The molecule has 0 fully saturated rings. The number of nitrogens with zero attached hydrogens (tertiary/aromatic N) is 1. The smallest absolute Gasteiger partial charge is 0.308 e. The van der Waals surface area contributed by atoms with Crippen LogP contribution in [0, 0.1) is 12.8 Å². The quantitative estimate of drug-likeness (QED) is 0.646. The summed E-state index contributed by atoms with van der Waals surface area (Å²) in [6, 6.07) is 12.3.